The van der Waals surface area contributed by atoms with E-state index >= 15 is 0 Å². The highest BCUT2D eigenvalue weighted by atomic mass is 32.1. The highest BCUT2D eigenvalue weighted by molar-refractivity contribution is 7.13. The molecule has 0 aliphatic carbocycles. The first kappa shape index (κ1) is 31.1. The molecule has 3 atom stereocenters. The largest absolute Gasteiger partial charge is 0.530 e. The molecule has 0 saturated heterocycles. The van der Waals surface area contributed by atoms with Crippen LogP contribution in [0.25, 0.3) is 11.3 Å². The number of halogens is 3. The molecule has 0 aliphatic heterocycles. The SMILES string of the molecule is CCCC[C@@H]([C@H](O)C(=O)Nc1nccs1)N(C(=O)[O-])[C@H](Cn1cnc(-c2ccc(C(F)(F)F)cc2)c1)C(C)(C)C. The van der Waals surface area contributed by atoms with Crippen molar-refractivity contribution >= 4 is 28.5 Å². The van der Waals surface area contributed by atoms with Gasteiger partial charge in [0.25, 0.3) is 5.91 Å². The quantitative estimate of drug-likeness (QED) is 0.341. The lowest BCUT2D eigenvalue weighted by atomic mass is 9.83. The van der Waals surface area contributed by atoms with Crippen LogP contribution in [0.5, 0.6) is 0 Å². The van der Waals surface area contributed by atoms with Crippen molar-refractivity contribution in [1.82, 2.24) is 19.4 Å². The summed E-state index contributed by atoms with van der Waals surface area (Å²) in [5.74, 6) is -0.776. The van der Waals surface area contributed by atoms with E-state index in [2.05, 4.69) is 15.3 Å². The maximum absolute atomic E-state index is 12.9. The van der Waals surface area contributed by atoms with Gasteiger partial charge in [-0.05, 0) is 24.0 Å². The zero-order chi connectivity index (χ0) is 29.7. The van der Waals surface area contributed by atoms with Gasteiger partial charge in [0, 0.05) is 29.9 Å². The summed E-state index contributed by atoms with van der Waals surface area (Å²) in [6.45, 7) is 7.51. The number of nitrogens with one attached hydrogen (secondary N) is 1. The number of imidazole rings is 1. The Labute approximate surface area is 234 Å². The number of anilines is 1. The van der Waals surface area contributed by atoms with Crippen LogP contribution in [0.15, 0.2) is 48.4 Å². The Morgan fingerprint density at radius 2 is 1.85 bits per heavy atom. The van der Waals surface area contributed by atoms with Gasteiger partial charge in [-0.1, -0.05) is 52.7 Å². The second-order valence-electron chi connectivity index (χ2n) is 10.6. The predicted molar refractivity (Wildman–Crippen MR) is 143 cm³/mol. The first-order valence-corrected chi connectivity index (χ1v) is 13.7. The minimum Gasteiger partial charge on any atom is -0.530 e. The zero-order valence-electron chi connectivity index (χ0n) is 22.7. The number of hydrogen-bond donors (Lipinski definition) is 2. The van der Waals surface area contributed by atoms with Crippen LogP contribution in [0.3, 0.4) is 0 Å². The summed E-state index contributed by atoms with van der Waals surface area (Å²) < 4.78 is 40.5. The van der Waals surface area contributed by atoms with E-state index in [4.69, 9.17) is 0 Å². The Hall–Kier alpha value is -3.45. The number of hydrogen-bond acceptors (Lipinski definition) is 7. The van der Waals surface area contributed by atoms with Crippen molar-refractivity contribution in [2.75, 3.05) is 5.32 Å². The number of amides is 2. The number of rotatable bonds is 11. The number of carbonyl (C=O) groups is 2. The number of unbranched alkanes of at least 4 members (excludes halogenated alkanes) is 1. The molecule has 2 amide bonds. The molecule has 2 N–H and O–H groups in total. The molecule has 9 nitrogen and oxygen atoms in total. The average Bonchev–Trinajstić information content (AvgIpc) is 3.56. The Bertz CT molecular complexity index is 1260. The first-order chi connectivity index (χ1) is 18.7. The maximum Gasteiger partial charge on any atom is 0.416 e. The maximum atomic E-state index is 12.9. The fourth-order valence-electron chi connectivity index (χ4n) is 4.41. The van der Waals surface area contributed by atoms with Crippen LogP contribution in [0.2, 0.25) is 0 Å². The van der Waals surface area contributed by atoms with Crippen LogP contribution in [0, 0.1) is 5.41 Å². The van der Waals surface area contributed by atoms with Crippen molar-refractivity contribution in [3.05, 3.63) is 53.9 Å². The van der Waals surface area contributed by atoms with Crippen LogP contribution in [-0.4, -0.2) is 54.7 Å². The van der Waals surface area contributed by atoms with E-state index in [0.29, 0.717) is 24.1 Å². The number of benzene rings is 1. The molecule has 0 fully saturated rings. The lowest BCUT2D eigenvalue weighted by molar-refractivity contribution is -0.275. The lowest BCUT2D eigenvalue weighted by Crippen LogP contribution is -2.62. The lowest BCUT2D eigenvalue weighted by Gasteiger charge is -2.47. The molecule has 218 valence electrons. The molecule has 0 bridgehead atoms. The van der Waals surface area contributed by atoms with E-state index in [1.54, 1.807) is 16.1 Å². The third-order valence-corrected chi connectivity index (χ3v) is 7.27. The molecule has 1 aromatic carbocycles. The normalized spacial score (nSPS) is 14.4. The van der Waals surface area contributed by atoms with Gasteiger partial charge in [-0.2, -0.15) is 13.2 Å². The number of nitrogens with zero attached hydrogens (tertiary/aromatic N) is 4. The van der Waals surface area contributed by atoms with Crippen LogP contribution < -0.4 is 10.4 Å². The second-order valence-corrected chi connectivity index (χ2v) is 11.5. The standard InChI is InChI=1S/C27H34F3N5O4S/c1-5-6-7-20(22(36)23(37)33-24-31-12-13-40-24)35(25(38)39)21(26(2,3)4)15-34-14-19(32-16-34)17-8-10-18(11-9-17)27(28,29)30/h8-14,16,20-22,36H,5-7,15H2,1-4H3,(H,38,39)(H,31,33,37)/p-1/t20-,21+,22-/m0/s1. The molecule has 0 saturated carbocycles. The van der Waals surface area contributed by atoms with Crippen LogP contribution in [0.4, 0.5) is 23.1 Å². The molecule has 2 heterocycles. The zero-order valence-corrected chi connectivity index (χ0v) is 23.5. The Morgan fingerprint density at radius 1 is 1.18 bits per heavy atom. The van der Waals surface area contributed by atoms with E-state index in [1.807, 2.05) is 27.7 Å². The van der Waals surface area contributed by atoms with Gasteiger partial charge in [0.15, 0.2) is 11.2 Å². The highest BCUT2D eigenvalue weighted by Crippen LogP contribution is 2.32. The van der Waals surface area contributed by atoms with Crippen LogP contribution in [-0.2, 0) is 17.5 Å². The summed E-state index contributed by atoms with van der Waals surface area (Å²) in [5, 5.41) is 28.1. The smallest absolute Gasteiger partial charge is 0.416 e. The number of carboxylic acid groups (broad SMARTS) is 1. The van der Waals surface area contributed by atoms with E-state index in [1.165, 1.54) is 36.0 Å². The Morgan fingerprint density at radius 3 is 2.38 bits per heavy atom. The molecule has 0 unspecified atom stereocenters. The van der Waals surface area contributed by atoms with E-state index in [-0.39, 0.29) is 18.1 Å². The molecular formula is C27H33F3N5O4S-. The molecule has 3 rings (SSSR count). The summed E-state index contributed by atoms with van der Waals surface area (Å²) in [7, 11) is 0. The van der Waals surface area contributed by atoms with Gasteiger partial charge in [-0.15, -0.1) is 11.3 Å². The van der Waals surface area contributed by atoms with Crippen molar-refractivity contribution < 1.29 is 33.0 Å². The summed E-state index contributed by atoms with van der Waals surface area (Å²) in [6, 6.07) is 2.72. The number of aromatic nitrogens is 3. The van der Waals surface area contributed by atoms with Gasteiger partial charge in [0.05, 0.1) is 29.7 Å². The fourth-order valence-corrected chi connectivity index (χ4v) is 4.94. The molecule has 0 spiro atoms. The summed E-state index contributed by atoms with van der Waals surface area (Å²) in [4.78, 5) is 34.8. The van der Waals surface area contributed by atoms with Crippen molar-refractivity contribution in [2.45, 2.75) is 77.9 Å². The van der Waals surface area contributed by atoms with Gasteiger partial charge in [0.2, 0.25) is 0 Å². The third-order valence-electron chi connectivity index (χ3n) is 6.58. The van der Waals surface area contributed by atoms with Gasteiger partial charge in [0.1, 0.15) is 6.09 Å². The summed E-state index contributed by atoms with van der Waals surface area (Å²) >= 11 is 1.17. The van der Waals surface area contributed by atoms with E-state index in [0.717, 1.165) is 17.0 Å². The molecule has 13 heteroatoms. The number of aliphatic hydroxyl groups excluding tert-OH is 1. The number of carbonyl (C=O) groups excluding carboxylic acids is 2. The molecule has 40 heavy (non-hydrogen) atoms. The first-order valence-electron chi connectivity index (χ1n) is 12.8. The number of alkyl halides is 3. The molecular weight excluding hydrogens is 547 g/mol. The Balaban J connectivity index is 1.90. The van der Waals surface area contributed by atoms with Gasteiger partial charge in [-0.25, -0.2) is 9.97 Å². The second kappa shape index (κ2) is 12.8. The van der Waals surface area contributed by atoms with Crippen molar-refractivity contribution in [1.29, 1.82) is 0 Å². The average molecular weight is 581 g/mol. The van der Waals surface area contributed by atoms with Crippen molar-refractivity contribution in [3.8, 4) is 11.3 Å². The number of aliphatic hydroxyl groups is 1. The topological polar surface area (TPSA) is 123 Å². The van der Waals surface area contributed by atoms with Crippen molar-refractivity contribution in [3.63, 3.8) is 0 Å². The van der Waals surface area contributed by atoms with Gasteiger partial charge < -0.3 is 24.5 Å². The minimum atomic E-state index is -4.46. The predicted octanol–water partition coefficient (Wildman–Crippen LogP) is 4.64. The van der Waals surface area contributed by atoms with Gasteiger partial charge >= 0.3 is 6.18 Å². The Kier molecular flexibility index (Phi) is 9.96. The summed E-state index contributed by atoms with van der Waals surface area (Å²) in [6.07, 6.45) is -1.64. The van der Waals surface area contributed by atoms with Crippen molar-refractivity contribution in [2.24, 2.45) is 5.41 Å². The fraction of sp³-hybridized carbons (Fsp3) is 0.481. The third kappa shape index (κ3) is 7.81. The van der Waals surface area contributed by atoms with Crippen LogP contribution in [0.1, 0.15) is 52.5 Å². The monoisotopic (exact) mass is 580 g/mol. The molecule has 3 aromatic rings. The molecule has 2 aromatic heterocycles. The van der Waals surface area contributed by atoms with E-state index in [9.17, 15) is 33.0 Å². The molecule has 0 radical (unpaired) electrons. The number of thiazole rings is 1. The van der Waals surface area contributed by atoms with Crippen LogP contribution >= 0.6 is 11.3 Å². The molecule has 0 aliphatic rings. The minimum absolute atomic E-state index is 0.0918. The van der Waals surface area contributed by atoms with E-state index < -0.39 is 47.3 Å². The highest BCUT2D eigenvalue weighted by Gasteiger charge is 2.40. The summed E-state index contributed by atoms with van der Waals surface area (Å²) in [5.41, 5.74) is -0.573. The van der Waals surface area contributed by atoms with Gasteiger partial charge in [-0.3, -0.25) is 10.1 Å².